The zero-order chi connectivity index (χ0) is 8.53. The number of hydrogen-bond donors (Lipinski definition) is 1. The third-order valence-electron chi connectivity index (χ3n) is 1.51. The minimum Gasteiger partial charge on any atom is -0.366 e. The van der Waals surface area contributed by atoms with Gasteiger partial charge in [-0.25, -0.2) is 0 Å². The van der Waals surface area contributed by atoms with Crippen molar-refractivity contribution in [2.24, 2.45) is 5.73 Å². The van der Waals surface area contributed by atoms with Gasteiger partial charge in [0.05, 0.1) is 0 Å². The average Bonchev–Trinajstić information content (AvgIpc) is 1.96. The summed E-state index contributed by atoms with van der Waals surface area (Å²) >= 11 is 0. The highest BCUT2D eigenvalue weighted by Gasteiger charge is 1.85. The van der Waals surface area contributed by atoms with Crippen molar-refractivity contribution in [2.75, 3.05) is 0 Å². The Morgan fingerprint density at radius 3 is 2.64 bits per heavy atom. The Morgan fingerprint density at radius 2 is 2.09 bits per heavy atom. The zero-order valence-corrected chi connectivity index (χ0v) is 7.18. The van der Waals surface area contributed by atoms with Crippen molar-refractivity contribution >= 4 is 5.91 Å². The summed E-state index contributed by atoms with van der Waals surface area (Å²) in [5, 5.41) is 0. The molecule has 0 rings (SSSR count). The molecule has 2 heteroatoms. The topological polar surface area (TPSA) is 43.1 Å². The number of carbonyl (C=O) groups excluding carboxylic acids is 1. The van der Waals surface area contributed by atoms with Crippen LogP contribution in [-0.2, 0) is 4.79 Å². The molecule has 0 saturated carbocycles. The Morgan fingerprint density at radius 1 is 1.36 bits per heavy atom. The van der Waals surface area contributed by atoms with E-state index in [1.165, 1.54) is 25.3 Å². The highest BCUT2D eigenvalue weighted by molar-refractivity contribution is 5.85. The van der Waals surface area contributed by atoms with E-state index >= 15 is 0 Å². The molecule has 2 N–H and O–H groups in total. The van der Waals surface area contributed by atoms with Crippen molar-refractivity contribution in [2.45, 2.75) is 39.0 Å². The first kappa shape index (κ1) is 10.2. The quantitative estimate of drug-likeness (QED) is 0.462. The highest BCUT2D eigenvalue weighted by Crippen LogP contribution is 2.02. The van der Waals surface area contributed by atoms with E-state index < -0.39 is 0 Å². The second kappa shape index (κ2) is 7.32. The van der Waals surface area contributed by atoms with Crippen LogP contribution in [0.3, 0.4) is 0 Å². The first-order valence-electron chi connectivity index (χ1n) is 4.23. The van der Waals surface area contributed by atoms with Gasteiger partial charge in [0.25, 0.3) is 0 Å². The minimum absolute atomic E-state index is 0.347. The highest BCUT2D eigenvalue weighted by atomic mass is 16.1. The third-order valence-corrected chi connectivity index (χ3v) is 1.51. The fraction of sp³-hybridized carbons (Fsp3) is 0.667. The molecule has 0 saturated heterocycles. The smallest absolute Gasteiger partial charge is 0.241 e. The molecule has 0 unspecified atom stereocenters. The molecule has 0 radical (unpaired) electrons. The molecule has 0 spiro atoms. The molecule has 64 valence electrons. The minimum atomic E-state index is -0.347. The van der Waals surface area contributed by atoms with E-state index in [-0.39, 0.29) is 5.91 Å². The first-order chi connectivity index (χ1) is 5.27. The standard InChI is InChI=1S/C9H17NO/c1-2-3-4-5-6-7-8-9(10)11/h7-8H,2-6H2,1H3,(H2,10,11)/b8-7-. The van der Waals surface area contributed by atoms with Gasteiger partial charge in [-0.15, -0.1) is 0 Å². The van der Waals surface area contributed by atoms with Crippen LogP contribution in [-0.4, -0.2) is 5.91 Å². The summed E-state index contributed by atoms with van der Waals surface area (Å²) in [6.07, 6.45) is 9.20. The van der Waals surface area contributed by atoms with Crippen LogP contribution in [0.15, 0.2) is 12.2 Å². The molecule has 0 aliphatic carbocycles. The Bertz CT molecular complexity index is 130. The van der Waals surface area contributed by atoms with Crippen molar-refractivity contribution < 1.29 is 4.79 Å². The van der Waals surface area contributed by atoms with E-state index in [2.05, 4.69) is 6.92 Å². The fourth-order valence-electron chi connectivity index (χ4n) is 0.888. The number of rotatable bonds is 6. The summed E-state index contributed by atoms with van der Waals surface area (Å²) in [7, 11) is 0. The number of allylic oxidation sites excluding steroid dienone is 1. The fourth-order valence-corrected chi connectivity index (χ4v) is 0.888. The predicted octanol–water partition coefficient (Wildman–Crippen LogP) is 2.00. The van der Waals surface area contributed by atoms with E-state index in [1.54, 1.807) is 0 Å². The summed E-state index contributed by atoms with van der Waals surface area (Å²) in [6, 6.07) is 0. The molecule has 0 bridgehead atoms. The van der Waals surface area contributed by atoms with Gasteiger partial charge in [0.1, 0.15) is 0 Å². The number of carbonyl (C=O) groups is 1. The van der Waals surface area contributed by atoms with Crippen LogP contribution in [0.5, 0.6) is 0 Å². The number of primary amides is 1. The van der Waals surface area contributed by atoms with Gasteiger partial charge in [0.15, 0.2) is 0 Å². The number of hydrogen-bond acceptors (Lipinski definition) is 1. The predicted molar refractivity (Wildman–Crippen MR) is 47.1 cm³/mol. The lowest BCUT2D eigenvalue weighted by atomic mass is 10.1. The van der Waals surface area contributed by atoms with Gasteiger partial charge in [0, 0.05) is 0 Å². The van der Waals surface area contributed by atoms with Crippen molar-refractivity contribution in [3.63, 3.8) is 0 Å². The summed E-state index contributed by atoms with van der Waals surface area (Å²) in [4.78, 5) is 10.2. The van der Waals surface area contributed by atoms with Crippen LogP contribution in [0.25, 0.3) is 0 Å². The summed E-state index contributed by atoms with van der Waals surface area (Å²) in [5.74, 6) is -0.347. The van der Waals surface area contributed by atoms with Gasteiger partial charge < -0.3 is 5.73 Å². The summed E-state index contributed by atoms with van der Waals surface area (Å²) in [6.45, 7) is 2.18. The molecule has 0 aromatic carbocycles. The maximum Gasteiger partial charge on any atom is 0.241 e. The molecule has 1 amide bonds. The van der Waals surface area contributed by atoms with Gasteiger partial charge in [0.2, 0.25) is 5.91 Å². The lowest BCUT2D eigenvalue weighted by Gasteiger charge is -1.92. The van der Waals surface area contributed by atoms with Crippen molar-refractivity contribution in [3.8, 4) is 0 Å². The lowest BCUT2D eigenvalue weighted by molar-refractivity contribution is -0.113. The maximum absolute atomic E-state index is 10.2. The van der Waals surface area contributed by atoms with Gasteiger partial charge >= 0.3 is 0 Å². The van der Waals surface area contributed by atoms with Crippen molar-refractivity contribution in [3.05, 3.63) is 12.2 Å². The Kier molecular flexibility index (Phi) is 6.79. The van der Waals surface area contributed by atoms with E-state index in [9.17, 15) is 4.79 Å². The van der Waals surface area contributed by atoms with Crippen LogP contribution in [0.1, 0.15) is 39.0 Å². The average molecular weight is 155 g/mol. The van der Waals surface area contributed by atoms with Gasteiger partial charge in [-0.2, -0.15) is 0 Å². The van der Waals surface area contributed by atoms with Crippen LogP contribution >= 0.6 is 0 Å². The van der Waals surface area contributed by atoms with Crippen molar-refractivity contribution in [1.29, 1.82) is 0 Å². The molecular weight excluding hydrogens is 138 g/mol. The van der Waals surface area contributed by atoms with Crippen LogP contribution in [0.4, 0.5) is 0 Å². The van der Waals surface area contributed by atoms with E-state index in [1.807, 2.05) is 6.08 Å². The number of nitrogens with two attached hydrogens (primary N) is 1. The SMILES string of the molecule is CCCCCC/C=C\C(N)=O. The van der Waals surface area contributed by atoms with Gasteiger partial charge in [-0.1, -0.05) is 32.3 Å². The normalized spacial score (nSPS) is 10.6. The zero-order valence-electron chi connectivity index (χ0n) is 7.18. The van der Waals surface area contributed by atoms with Gasteiger partial charge in [-0.05, 0) is 18.9 Å². The molecule has 0 aliphatic rings. The largest absolute Gasteiger partial charge is 0.366 e. The summed E-state index contributed by atoms with van der Waals surface area (Å²) in [5.41, 5.74) is 4.91. The molecular formula is C9H17NO. The van der Waals surface area contributed by atoms with Crippen LogP contribution in [0, 0.1) is 0 Å². The number of amides is 1. The molecule has 0 fully saturated rings. The Labute approximate surface area is 68.5 Å². The molecule has 0 aliphatic heterocycles. The molecule has 2 nitrogen and oxygen atoms in total. The third kappa shape index (κ3) is 9.21. The van der Waals surface area contributed by atoms with Crippen molar-refractivity contribution in [1.82, 2.24) is 0 Å². The second-order valence-electron chi connectivity index (χ2n) is 2.65. The van der Waals surface area contributed by atoms with Gasteiger partial charge in [-0.3, -0.25) is 4.79 Å². The molecule has 0 aromatic rings. The monoisotopic (exact) mass is 155 g/mol. The first-order valence-corrected chi connectivity index (χ1v) is 4.23. The molecule has 0 atom stereocenters. The maximum atomic E-state index is 10.2. The van der Waals surface area contributed by atoms with Crippen LogP contribution in [0.2, 0.25) is 0 Å². The van der Waals surface area contributed by atoms with E-state index in [4.69, 9.17) is 5.73 Å². The van der Waals surface area contributed by atoms with Crippen LogP contribution < -0.4 is 5.73 Å². The Hall–Kier alpha value is -0.790. The molecule has 0 aromatic heterocycles. The second-order valence-corrected chi connectivity index (χ2v) is 2.65. The van der Waals surface area contributed by atoms with E-state index in [0.717, 1.165) is 12.8 Å². The Balaban J connectivity index is 3.07. The van der Waals surface area contributed by atoms with E-state index in [0.29, 0.717) is 0 Å². The molecule has 11 heavy (non-hydrogen) atoms. The molecule has 0 heterocycles. The number of unbranched alkanes of at least 4 members (excludes halogenated alkanes) is 4. The summed E-state index contributed by atoms with van der Waals surface area (Å²) < 4.78 is 0. The lowest BCUT2D eigenvalue weighted by Crippen LogP contribution is -2.05.